The highest BCUT2D eigenvalue weighted by atomic mass is 16.2. The van der Waals surface area contributed by atoms with E-state index >= 15 is 0 Å². The van der Waals surface area contributed by atoms with Crippen LogP contribution in [0.1, 0.15) is 39.5 Å². The van der Waals surface area contributed by atoms with Gasteiger partial charge in [-0.15, -0.1) is 0 Å². The summed E-state index contributed by atoms with van der Waals surface area (Å²) >= 11 is 0. The molecule has 1 saturated heterocycles. The molecule has 0 N–H and O–H groups in total. The van der Waals surface area contributed by atoms with Gasteiger partial charge < -0.3 is 4.90 Å². The fourth-order valence-electron chi connectivity index (χ4n) is 2.81. The molecule has 68 valence electrons. The molecule has 0 unspecified atom stereocenters. The summed E-state index contributed by atoms with van der Waals surface area (Å²) in [6.45, 7) is 4.25. The molecular formula is C10H17NO. The molecule has 0 bridgehead atoms. The van der Waals surface area contributed by atoms with Gasteiger partial charge in [0.2, 0.25) is 5.91 Å². The van der Waals surface area contributed by atoms with E-state index in [0.29, 0.717) is 23.9 Å². The van der Waals surface area contributed by atoms with Crippen molar-refractivity contribution in [2.45, 2.75) is 51.6 Å². The highest BCUT2D eigenvalue weighted by molar-refractivity contribution is 5.79. The zero-order valence-corrected chi connectivity index (χ0v) is 7.92. The van der Waals surface area contributed by atoms with E-state index in [2.05, 4.69) is 18.7 Å². The number of hydrogen-bond donors (Lipinski definition) is 0. The fraction of sp³-hybridized carbons (Fsp3) is 0.900. The van der Waals surface area contributed by atoms with Gasteiger partial charge in [0.1, 0.15) is 0 Å². The van der Waals surface area contributed by atoms with Crippen molar-refractivity contribution in [2.75, 3.05) is 0 Å². The van der Waals surface area contributed by atoms with Crippen LogP contribution in [-0.4, -0.2) is 22.9 Å². The first-order valence-electron chi connectivity index (χ1n) is 5.01. The summed E-state index contributed by atoms with van der Waals surface area (Å²) in [7, 11) is 0. The minimum atomic E-state index is 0.389. The van der Waals surface area contributed by atoms with E-state index in [0.717, 1.165) is 6.42 Å². The maximum Gasteiger partial charge on any atom is 0.223 e. The molecule has 2 rings (SSSR count). The van der Waals surface area contributed by atoms with Crippen LogP contribution < -0.4 is 0 Å². The molecular weight excluding hydrogens is 150 g/mol. The smallest absolute Gasteiger partial charge is 0.223 e. The van der Waals surface area contributed by atoms with Crippen molar-refractivity contribution in [3.05, 3.63) is 0 Å². The second-order valence-electron chi connectivity index (χ2n) is 4.36. The summed E-state index contributed by atoms with van der Waals surface area (Å²) in [6.07, 6.45) is 4.67. The Bertz CT molecular complexity index is 200. The number of fused-ring (bicyclic) bond motifs is 1. The first-order valence-corrected chi connectivity index (χ1v) is 5.01. The van der Waals surface area contributed by atoms with E-state index in [1.54, 1.807) is 0 Å². The molecule has 1 aliphatic heterocycles. The SMILES string of the molecule is CC(C)N1C(=O)C[C@@H]2CCC[C@@H]21. The van der Waals surface area contributed by atoms with Gasteiger partial charge in [0.15, 0.2) is 0 Å². The second kappa shape index (κ2) is 2.75. The molecule has 1 amide bonds. The molecule has 0 radical (unpaired) electrons. The molecule has 1 aliphatic carbocycles. The third-order valence-electron chi connectivity index (χ3n) is 3.26. The molecule has 1 heterocycles. The molecule has 1 saturated carbocycles. The van der Waals surface area contributed by atoms with Crippen LogP contribution in [0.4, 0.5) is 0 Å². The van der Waals surface area contributed by atoms with Crippen LogP contribution in [0.5, 0.6) is 0 Å². The minimum absolute atomic E-state index is 0.389. The van der Waals surface area contributed by atoms with Gasteiger partial charge in [-0.3, -0.25) is 4.79 Å². The van der Waals surface area contributed by atoms with Gasteiger partial charge in [-0.05, 0) is 32.6 Å². The summed E-state index contributed by atoms with van der Waals surface area (Å²) in [5.74, 6) is 1.08. The van der Waals surface area contributed by atoms with Crippen LogP contribution in [0.15, 0.2) is 0 Å². The fourth-order valence-corrected chi connectivity index (χ4v) is 2.81. The highest BCUT2D eigenvalue weighted by Crippen LogP contribution is 2.39. The van der Waals surface area contributed by atoms with E-state index in [4.69, 9.17) is 0 Å². The van der Waals surface area contributed by atoms with Crippen molar-refractivity contribution in [1.29, 1.82) is 0 Å². The maximum absolute atomic E-state index is 11.6. The second-order valence-corrected chi connectivity index (χ2v) is 4.36. The Labute approximate surface area is 73.9 Å². The van der Waals surface area contributed by atoms with Gasteiger partial charge >= 0.3 is 0 Å². The third kappa shape index (κ3) is 1.05. The first-order chi connectivity index (χ1) is 5.70. The van der Waals surface area contributed by atoms with E-state index < -0.39 is 0 Å². The summed E-state index contributed by atoms with van der Waals surface area (Å²) in [4.78, 5) is 13.7. The number of nitrogens with zero attached hydrogens (tertiary/aromatic N) is 1. The Morgan fingerprint density at radius 3 is 2.83 bits per heavy atom. The molecule has 12 heavy (non-hydrogen) atoms. The normalized spacial score (nSPS) is 34.9. The number of rotatable bonds is 1. The van der Waals surface area contributed by atoms with E-state index in [1.165, 1.54) is 19.3 Å². The van der Waals surface area contributed by atoms with Crippen molar-refractivity contribution < 1.29 is 4.79 Å². The Morgan fingerprint density at radius 1 is 1.42 bits per heavy atom. The molecule has 0 spiro atoms. The zero-order chi connectivity index (χ0) is 8.72. The number of hydrogen-bond acceptors (Lipinski definition) is 1. The lowest BCUT2D eigenvalue weighted by atomic mass is 10.0. The number of amides is 1. The minimum Gasteiger partial charge on any atom is -0.337 e. The molecule has 0 aromatic heterocycles. The Kier molecular flexibility index (Phi) is 1.85. The summed E-state index contributed by atoms with van der Waals surface area (Å²) < 4.78 is 0. The predicted octanol–water partition coefficient (Wildman–Crippen LogP) is 1.80. The van der Waals surface area contributed by atoms with Gasteiger partial charge in [0.25, 0.3) is 0 Å². The van der Waals surface area contributed by atoms with Gasteiger partial charge in [-0.2, -0.15) is 0 Å². The highest BCUT2D eigenvalue weighted by Gasteiger charge is 2.43. The quantitative estimate of drug-likeness (QED) is 0.583. The van der Waals surface area contributed by atoms with Crippen molar-refractivity contribution in [3.63, 3.8) is 0 Å². The standard InChI is InChI=1S/C10H17NO/c1-7(2)11-9-5-3-4-8(9)6-10(11)12/h7-9H,3-6H2,1-2H3/t8-,9-/m0/s1. The third-order valence-corrected chi connectivity index (χ3v) is 3.26. The van der Waals surface area contributed by atoms with Crippen LogP contribution in [0.25, 0.3) is 0 Å². The molecule has 0 aromatic rings. The molecule has 0 aromatic carbocycles. The molecule has 2 fully saturated rings. The Balaban J connectivity index is 2.16. The Morgan fingerprint density at radius 2 is 2.17 bits per heavy atom. The van der Waals surface area contributed by atoms with Gasteiger partial charge in [0, 0.05) is 18.5 Å². The lowest BCUT2D eigenvalue weighted by molar-refractivity contribution is -0.130. The van der Waals surface area contributed by atoms with Crippen LogP contribution in [-0.2, 0) is 4.79 Å². The zero-order valence-electron chi connectivity index (χ0n) is 7.92. The van der Waals surface area contributed by atoms with Crippen LogP contribution in [0, 0.1) is 5.92 Å². The summed E-state index contributed by atoms with van der Waals surface area (Å²) in [5, 5.41) is 0. The van der Waals surface area contributed by atoms with Gasteiger partial charge in [-0.25, -0.2) is 0 Å². The van der Waals surface area contributed by atoms with E-state index in [9.17, 15) is 4.79 Å². The van der Waals surface area contributed by atoms with Gasteiger partial charge in [-0.1, -0.05) is 6.42 Å². The van der Waals surface area contributed by atoms with Crippen molar-refractivity contribution in [3.8, 4) is 0 Å². The average Bonchev–Trinajstić information content (AvgIpc) is 2.44. The lowest BCUT2D eigenvalue weighted by Gasteiger charge is -2.27. The maximum atomic E-state index is 11.6. The Hall–Kier alpha value is -0.530. The topological polar surface area (TPSA) is 20.3 Å². The number of carbonyl (C=O) groups is 1. The van der Waals surface area contributed by atoms with Crippen LogP contribution in [0.2, 0.25) is 0 Å². The largest absolute Gasteiger partial charge is 0.337 e. The summed E-state index contributed by atoms with van der Waals surface area (Å²) in [6, 6.07) is 1.00. The molecule has 2 aliphatic rings. The first kappa shape index (κ1) is 8.09. The monoisotopic (exact) mass is 167 g/mol. The molecule has 2 heteroatoms. The van der Waals surface area contributed by atoms with Crippen molar-refractivity contribution in [1.82, 2.24) is 4.90 Å². The van der Waals surface area contributed by atoms with Crippen LogP contribution >= 0.6 is 0 Å². The van der Waals surface area contributed by atoms with Crippen molar-refractivity contribution >= 4 is 5.91 Å². The lowest BCUT2D eigenvalue weighted by Crippen LogP contribution is -2.38. The molecule has 2 atom stereocenters. The van der Waals surface area contributed by atoms with Gasteiger partial charge in [0.05, 0.1) is 0 Å². The van der Waals surface area contributed by atoms with E-state index in [1.807, 2.05) is 0 Å². The molecule has 2 nitrogen and oxygen atoms in total. The summed E-state index contributed by atoms with van der Waals surface area (Å²) in [5.41, 5.74) is 0. The van der Waals surface area contributed by atoms with Crippen LogP contribution in [0.3, 0.4) is 0 Å². The van der Waals surface area contributed by atoms with Crippen molar-refractivity contribution in [2.24, 2.45) is 5.92 Å². The predicted molar refractivity (Wildman–Crippen MR) is 47.7 cm³/mol. The number of carbonyl (C=O) groups excluding carboxylic acids is 1. The number of likely N-dealkylation sites (tertiary alicyclic amines) is 1. The van der Waals surface area contributed by atoms with E-state index in [-0.39, 0.29) is 0 Å². The average molecular weight is 167 g/mol.